The first-order valence-electron chi connectivity index (χ1n) is 4.70. The molecule has 0 fully saturated rings. The Bertz CT molecular complexity index is 512. The van der Waals surface area contributed by atoms with Gasteiger partial charge >= 0.3 is 0 Å². The summed E-state index contributed by atoms with van der Waals surface area (Å²) in [6.07, 6.45) is 0. The Kier molecular flexibility index (Phi) is 3.64. The van der Waals surface area contributed by atoms with E-state index in [1.165, 1.54) is 0 Å². The highest BCUT2D eigenvalue weighted by atomic mass is 79.9. The Balaban J connectivity index is 2.37. The normalized spacial score (nSPS) is 12.8. The first kappa shape index (κ1) is 12.0. The molecule has 0 aliphatic rings. The Morgan fingerprint density at radius 1 is 1.50 bits per heavy atom. The molecule has 1 aromatic carbocycles. The van der Waals surface area contributed by atoms with Crippen LogP contribution in [0.3, 0.4) is 0 Å². The monoisotopic (exact) mass is 316 g/mol. The van der Waals surface area contributed by atoms with E-state index in [1.54, 1.807) is 11.3 Å². The molecular weight excluding hydrogens is 308 g/mol. The van der Waals surface area contributed by atoms with Gasteiger partial charge < -0.3 is 5.73 Å². The Morgan fingerprint density at radius 3 is 2.81 bits per heavy atom. The van der Waals surface area contributed by atoms with E-state index in [-0.39, 0.29) is 6.04 Å². The fourth-order valence-corrected chi connectivity index (χ4v) is 3.01. The summed E-state index contributed by atoms with van der Waals surface area (Å²) in [4.78, 5) is 4.37. The van der Waals surface area contributed by atoms with Crippen molar-refractivity contribution < 1.29 is 0 Å². The molecule has 1 heterocycles. The summed E-state index contributed by atoms with van der Waals surface area (Å²) >= 11 is 11.1. The Morgan fingerprint density at radius 2 is 2.25 bits per heavy atom. The molecular formula is C11H10BrClN2S. The van der Waals surface area contributed by atoms with Crippen LogP contribution in [0.1, 0.15) is 22.3 Å². The van der Waals surface area contributed by atoms with Crippen LogP contribution in [0.25, 0.3) is 0 Å². The van der Waals surface area contributed by atoms with Crippen molar-refractivity contribution in [1.29, 1.82) is 0 Å². The molecule has 1 aromatic heterocycles. The van der Waals surface area contributed by atoms with Gasteiger partial charge in [-0.25, -0.2) is 4.98 Å². The summed E-state index contributed by atoms with van der Waals surface area (Å²) in [7, 11) is 0. The summed E-state index contributed by atoms with van der Waals surface area (Å²) in [6, 6.07) is 5.45. The van der Waals surface area contributed by atoms with Crippen molar-refractivity contribution in [2.45, 2.75) is 13.0 Å². The number of aryl methyl sites for hydroxylation is 1. The van der Waals surface area contributed by atoms with Crippen LogP contribution in [0.4, 0.5) is 0 Å². The quantitative estimate of drug-likeness (QED) is 0.912. The topological polar surface area (TPSA) is 38.9 Å². The minimum atomic E-state index is -0.251. The molecule has 0 radical (unpaired) electrons. The molecule has 5 heteroatoms. The summed E-state index contributed by atoms with van der Waals surface area (Å²) < 4.78 is 0.948. The summed E-state index contributed by atoms with van der Waals surface area (Å²) in [5.74, 6) is 0. The van der Waals surface area contributed by atoms with Crippen molar-refractivity contribution >= 4 is 38.9 Å². The highest BCUT2D eigenvalue weighted by molar-refractivity contribution is 9.10. The SMILES string of the molecule is Cc1csc(C(N)c2ccc(Br)cc2Cl)n1. The predicted molar refractivity (Wildman–Crippen MR) is 72.0 cm³/mol. The molecule has 1 unspecified atom stereocenters. The van der Waals surface area contributed by atoms with Crippen molar-refractivity contribution in [3.05, 3.63) is 49.3 Å². The number of benzene rings is 1. The van der Waals surface area contributed by atoms with Crippen LogP contribution in [0.15, 0.2) is 28.1 Å². The largest absolute Gasteiger partial charge is 0.318 e. The molecule has 2 aromatic rings. The summed E-state index contributed by atoms with van der Waals surface area (Å²) in [5, 5.41) is 3.54. The number of nitrogens with zero attached hydrogens (tertiary/aromatic N) is 1. The predicted octanol–water partition coefficient (Wildman–Crippen LogP) is 3.92. The average molecular weight is 318 g/mol. The van der Waals surface area contributed by atoms with Crippen LogP contribution in [0, 0.1) is 6.92 Å². The highest BCUT2D eigenvalue weighted by Crippen LogP contribution is 2.30. The van der Waals surface area contributed by atoms with Gasteiger partial charge in [0.05, 0.1) is 6.04 Å². The molecule has 84 valence electrons. The Labute approximate surface area is 112 Å². The summed E-state index contributed by atoms with van der Waals surface area (Å²) in [6.45, 7) is 1.95. The number of rotatable bonds is 2. The van der Waals surface area contributed by atoms with E-state index < -0.39 is 0 Å². The van der Waals surface area contributed by atoms with Gasteiger partial charge in [-0.3, -0.25) is 0 Å². The van der Waals surface area contributed by atoms with Crippen molar-refractivity contribution in [2.75, 3.05) is 0 Å². The molecule has 0 saturated heterocycles. The van der Waals surface area contributed by atoms with Gasteiger partial charge in [-0.1, -0.05) is 33.6 Å². The maximum Gasteiger partial charge on any atom is 0.114 e. The molecule has 2 nitrogen and oxygen atoms in total. The number of hydrogen-bond acceptors (Lipinski definition) is 3. The molecule has 2 rings (SSSR count). The smallest absolute Gasteiger partial charge is 0.114 e. The van der Waals surface area contributed by atoms with Gasteiger partial charge in [0.15, 0.2) is 0 Å². The standard InChI is InChI=1S/C11H10BrClN2S/c1-6-5-16-11(15-6)10(14)8-3-2-7(12)4-9(8)13/h2-5,10H,14H2,1H3. The molecule has 0 saturated carbocycles. The maximum atomic E-state index is 6.15. The van der Waals surface area contributed by atoms with Gasteiger partial charge in [0.2, 0.25) is 0 Å². The van der Waals surface area contributed by atoms with E-state index in [9.17, 15) is 0 Å². The third-order valence-electron chi connectivity index (χ3n) is 2.20. The van der Waals surface area contributed by atoms with Crippen molar-refractivity contribution in [2.24, 2.45) is 5.73 Å². The third-order valence-corrected chi connectivity index (χ3v) is 4.07. The zero-order valence-electron chi connectivity index (χ0n) is 8.58. The minimum Gasteiger partial charge on any atom is -0.318 e. The lowest BCUT2D eigenvalue weighted by Gasteiger charge is -2.11. The molecule has 2 N–H and O–H groups in total. The van der Waals surface area contributed by atoms with Crippen molar-refractivity contribution in [3.8, 4) is 0 Å². The van der Waals surface area contributed by atoms with Crippen LogP contribution in [-0.2, 0) is 0 Å². The van der Waals surface area contributed by atoms with E-state index in [4.69, 9.17) is 17.3 Å². The van der Waals surface area contributed by atoms with E-state index in [2.05, 4.69) is 20.9 Å². The van der Waals surface area contributed by atoms with Crippen LogP contribution in [0.2, 0.25) is 5.02 Å². The zero-order chi connectivity index (χ0) is 11.7. The second kappa shape index (κ2) is 4.84. The van der Waals surface area contributed by atoms with Crippen LogP contribution in [-0.4, -0.2) is 4.98 Å². The average Bonchev–Trinajstić information content (AvgIpc) is 2.64. The van der Waals surface area contributed by atoms with E-state index in [1.807, 2.05) is 30.5 Å². The molecule has 0 aliphatic carbocycles. The van der Waals surface area contributed by atoms with Gasteiger partial charge in [-0.15, -0.1) is 11.3 Å². The van der Waals surface area contributed by atoms with Gasteiger partial charge in [0.25, 0.3) is 0 Å². The van der Waals surface area contributed by atoms with Crippen LogP contribution in [0.5, 0.6) is 0 Å². The van der Waals surface area contributed by atoms with Gasteiger partial charge in [-0.05, 0) is 24.6 Å². The van der Waals surface area contributed by atoms with E-state index >= 15 is 0 Å². The van der Waals surface area contributed by atoms with Crippen LogP contribution < -0.4 is 5.73 Å². The first-order valence-corrected chi connectivity index (χ1v) is 6.75. The molecule has 0 aliphatic heterocycles. The second-order valence-corrected chi connectivity index (χ2v) is 5.68. The summed E-state index contributed by atoms with van der Waals surface area (Å²) in [5.41, 5.74) is 8.02. The second-order valence-electron chi connectivity index (χ2n) is 3.47. The van der Waals surface area contributed by atoms with Gasteiger partial charge in [0.1, 0.15) is 5.01 Å². The fourth-order valence-electron chi connectivity index (χ4n) is 1.40. The van der Waals surface area contributed by atoms with E-state index in [0.717, 1.165) is 20.7 Å². The molecule has 0 amide bonds. The highest BCUT2D eigenvalue weighted by Gasteiger charge is 2.15. The number of nitrogens with two attached hydrogens (primary N) is 1. The number of hydrogen-bond donors (Lipinski definition) is 1. The van der Waals surface area contributed by atoms with Crippen molar-refractivity contribution in [3.63, 3.8) is 0 Å². The van der Waals surface area contributed by atoms with E-state index in [0.29, 0.717) is 5.02 Å². The molecule has 1 atom stereocenters. The van der Waals surface area contributed by atoms with Crippen molar-refractivity contribution in [1.82, 2.24) is 4.98 Å². The first-order chi connectivity index (χ1) is 7.58. The lowest BCUT2D eigenvalue weighted by Crippen LogP contribution is -2.12. The van der Waals surface area contributed by atoms with Crippen LogP contribution >= 0.6 is 38.9 Å². The van der Waals surface area contributed by atoms with Gasteiger partial charge in [-0.2, -0.15) is 0 Å². The minimum absolute atomic E-state index is 0.251. The van der Waals surface area contributed by atoms with Gasteiger partial charge in [0, 0.05) is 20.6 Å². The number of halogens is 2. The lowest BCUT2D eigenvalue weighted by atomic mass is 10.1. The number of aromatic nitrogens is 1. The molecule has 0 spiro atoms. The third kappa shape index (κ3) is 2.46. The Hall–Kier alpha value is -0.420. The molecule has 16 heavy (non-hydrogen) atoms. The maximum absolute atomic E-state index is 6.15. The fraction of sp³-hybridized carbons (Fsp3) is 0.182. The number of thiazole rings is 1. The molecule has 0 bridgehead atoms. The lowest BCUT2D eigenvalue weighted by molar-refractivity contribution is 0.852. The zero-order valence-corrected chi connectivity index (χ0v) is 11.7.